The largest absolute Gasteiger partial charge is 0.376 e. The van der Waals surface area contributed by atoms with Gasteiger partial charge in [0.05, 0.1) is 6.54 Å². The zero-order valence-electron chi connectivity index (χ0n) is 14.3. The van der Waals surface area contributed by atoms with E-state index in [0.717, 1.165) is 28.2 Å². The van der Waals surface area contributed by atoms with E-state index in [9.17, 15) is 9.59 Å². The molecule has 0 heterocycles. The summed E-state index contributed by atoms with van der Waals surface area (Å²) in [5.74, 6) is -0.133. The van der Waals surface area contributed by atoms with Gasteiger partial charge in [0.2, 0.25) is 11.8 Å². The lowest BCUT2D eigenvalue weighted by molar-refractivity contribution is -0.116. The zero-order valence-corrected chi connectivity index (χ0v) is 14.3. The molecule has 2 amide bonds. The highest BCUT2D eigenvalue weighted by Crippen LogP contribution is 2.15. The van der Waals surface area contributed by atoms with Crippen LogP contribution in [0.1, 0.15) is 24.5 Å². The summed E-state index contributed by atoms with van der Waals surface area (Å²) in [7, 11) is 0. The molecule has 3 N–H and O–H groups in total. The molecule has 2 aromatic rings. The number of rotatable bonds is 6. The molecule has 0 atom stereocenters. The van der Waals surface area contributed by atoms with Crippen LogP contribution >= 0.6 is 0 Å². The molecule has 0 fully saturated rings. The molecule has 0 aromatic heterocycles. The molecule has 0 bridgehead atoms. The Morgan fingerprint density at radius 2 is 1.33 bits per heavy atom. The fourth-order valence-electron chi connectivity index (χ4n) is 2.36. The maximum atomic E-state index is 12.0. The number of hydrogen-bond acceptors (Lipinski definition) is 3. The van der Waals surface area contributed by atoms with Crippen molar-refractivity contribution in [2.24, 2.45) is 0 Å². The number of aryl methyl sites for hydroxylation is 2. The molecule has 5 heteroatoms. The van der Waals surface area contributed by atoms with Crippen molar-refractivity contribution in [2.75, 3.05) is 22.5 Å². The third-order valence-corrected chi connectivity index (χ3v) is 3.45. The summed E-state index contributed by atoms with van der Waals surface area (Å²) in [5.41, 5.74) is 4.59. The van der Waals surface area contributed by atoms with Crippen LogP contribution in [0.15, 0.2) is 42.5 Å². The maximum Gasteiger partial charge on any atom is 0.243 e. The third-order valence-electron chi connectivity index (χ3n) is 3.45. The summed E-state index contributed by atoms with van der Waals surface area (Å²) in [6.07, 6.45) is 0.443. The number of anilines is 3. The van der Waals surface area contributed by atoms with Crippen molar-refractivity contribution in [3.63, 3.8) is 0 Å². The predicted molar refractivity (Wildman–Crippen MR) is 98.4 cm³/mol. The summed E-state index contributed by atoms with van der Waals surface area (Å²) in [6.45, 7) is 5.98. The van der Waals surface area contributed by atoms with Crippen LogP contribution in [0.2, 0.25) is 0 Å². The molecular weight excluding hydrogens is 302 g/mol. The average Bonchev–Trinajstić information content (AvgIpc) is 2.53. The SMILES string of the molecule is CCC(=O)Nc1ccc(NCC(=O)Nc2cc(C)cc(C)c2)cc1. The molecule has 0 saturated heterocycles. The van der Waals surface area contributed by atoms with Gasteiger partial charge >= 0.3 is 0 Å². The van der Waals surface area contributed by atoms with Crippen LogP contribution in [-0.4, -0.2) is 18.4 Å². The maximum absolute atomic E-state index is 12.0. The van der Waals surface area contributed by atoms with E-state index in [0.29, 0.717) is 6.42 Å². The van der Waals surface area contributed by atoms with E-state index in [1.165, 1.54) is 0 Å². The highest BCUT2D eigenvalue weighted by molar-refractivity contribution is 5.94. The van der Waals surface area contributed by atoms with Gasteiger partial charge < -0.3 is 16.0 Å². The normalized spacial score (nSPS) is 10.1. The Kier molecular flexibility index (Phi) is 5.95. The molecule has 2 rings (SSSR count). The van der Waals surface area contributed by atoms with Gasteiger partial charge in [-0.3, -0.25) is 9.59 Å². The van der Waals surface area contributed by atoms with Crippen molar-refractivity contribution in [3.05, 3.63) is 53.6 Å². The Morgan fingerprint density at radius 1 is 0.792 bits per heavy atom. The van der Waals surface area contributed by atoms with Gasteiger partial charge in [-0.25, -0.2) is 0 Å². The summed E-state index contributed by atoms with van der Waals surface area (Å²) in [4.78, 5) is 23.4. The second-order valence-corrected chi connectivity index (χ2v) is 5.76. The molecule has 5 nitrogen and oxygen atoms in total. The molecule has 24 heavy (non-hydrogen) atoms. The quantitative estimate of drug-likeness (QED) is 0.758. The number of amides is 2. The standard InChI is InChI=1S/C19H23N3O2/c1-4-18(23)21-16-7-5-15(6-8-16)20-12-19(24)22-17-10-13(2)9-14(3)11-17/h5-11,20H,4,12H2,1-3H3,(H,21,23)(H,22,24). The van der Waals surface area contributed by atoms with Gasteiger partial charge in [0.15, 0.2) is 0 Å². The minimum absolute atomic E-state index is 0.0245. The molecule has 0 radical (unpaired) electrons. The van der Waals surface area contributed by atoms with E-state index < -0.39 is 0 Å². The highest BCUT2D eigenvalue weighted by Gasteiger charge is 2.04. The van der Waals surface area contributed by atoms with Gasteiger partial charge in [0.25, 0.3) is 0 Å². The molecule has 0 aliphatic carbocycles. The molecule has 0 saturated carbocycles. The van der Waals surface area contributed by atoms with Crippen LogP contribution in [0.3, 0.4) is 0 Å². The molecule has 0 unspecified atom stereocenters. The van der Waals surface area contributed by atoms with Crippen LogP contribution in [0.4, 0.5) is 17.1 Å². The van der Waals surface area contributed by atoms with Crippen LogP contribution in [-0.2, 0) is 9.59 Å². The lowest BCUT2D eigenvalue weighted by atomic mass is 10.1. The summed E-state index contributed by atoms with van der Waals surface area (Å²) in [6, 6.07) is 13.2. The third kappa shape index (κ3) is 5.43. The van der Waals surface area contributed by atoms with Crippen molar-refractivity contribution >= 4 is 28.9 Å². The summed E-state index contributed by atoms with van der Waals surface area (Å²) >= 11 is 0. The van der Waals surface area contributed by atoms with Crippen LogP contribution in [0, 0.1) is 13.8 Å². The first kappa shape index (κ1) is 17.5. The fraction of sp³-hybridized carbons (Fsp3) is 0.263. The Hall–Kier alpha value is -2.82. The Labute approximate surface area is 142 Å². The van der Waals surface area contributed by atoms with Crippen molar-refractivity contribution in [1.29, 1.82) is 0 Å². The topological polar surface area (TPSA) is 70.2 Å². The van der Waals surface area contributed by atoms with Gasteiger partial charge in [-0.15, -0.1) is 0 Å². The minimum Gasteiger partial charge on any atom is -0.376 e. The first-order valence-corrected chi connectivity index (χ1v) is 7.98. The highest BCUT2D eigenvalue weighted by atomic mass is 16.2. The molecule has 0 spiro atoms. The Morgan fingerprint density at radius 3 is 1.92 bits per heavy atom. The summed E-state index contributed by atoms with van der Waals surface area (Å²) < 4.78 is 0. The lowest BCUT2D eigenvalue weighted by Crippen LogP contribution is -2.21. The Balaban J connectivity index is 1.86. The van der Waals surface area contributed by atoms with Gasteiger partial charge in [0, 0.05) is 23.5 Å². The number of carbonyl (C=O) groups excluding carboxylic acids is 2. The number of carbonyl (C=O) groups is 2. The van der Waals surface area contributed by atoms with E-state index in [1.807, 2.05) is 38.1 Å². The van der Waals surface area contributed by atoms with E-state index in [4.69, 9.17) is 0 Å². The van der Waals surface area contributed by atoms with Gasteiger partial charge in [-0.05, 0) is 61.4 Å². The molecule has 126 valence electrons. The lowest BCUT2D eigenvalue weighted by Gasteiger charge is -2.10. The zero-order chi connectivity index (χ0) is 17.5. The van der Waals surface area contributed by atoms with Gasteiger partial charge in [-0.2, -0.15) is 0 Å². The van der Waals surface area contributed by atoms with E-state index in [1.54, 1.807) is 19.1 Å². The first-order valence-electron chi connectivity index (χ1n) is 7.98. The minimum atomic E-state index is -0.108. The molecule has 0 aliphatic heterocycles. The van der Waals surface area contributed by atoms with Crippen LogP contribution in [0.25, 0.3) is 0 Å². The van der Waals surface area contributed by atoms with E-state index in [-0.39, 0.29) is 18.4 Å². The number of hydrogen-bond donors (Lipinski definition) is 3. The van der Waals surface area contributed by atoms with Crippen LogP contribution in [0.5, 0.6) is 0 Å². The van der Waals surface area contributed by atoms with Gasteiger partial charge in [-0.1, -0.05) is 13.0 Å². The molecule has 2 aromatic carbocycles. The monoisotopic (exact) mass is 325 g/mol. The average molecular weight is 325 g/mol. The van der Waals surface area contributed by atoms with E-state index in [2.05, 4.69) is 22.0 Å². The van der Waals surface area contributed by atoms with Gasteiger partial charge in [0.1, 0.15) is 0 Å². The number of benzene rings is 2. The Bertz CT molecular complexity index is 704. The fourth-order valence-corrected chi connectivity index (χ4v) is 2.36. The summed E-state index contributed by atoms with van der Waals surface area (Å²) in [5, 5.41) is 8.73. The van der Waals surface area contributed by atoms with Crippen molar-refractivity contribution in [2.45, 2.75) is 27.2 Å². The van der Waals surface area contributed by atoms with Crippen molar-refractivity contribution in [3.8, 4) is 0 Å². The predicted octanol–water partition coefficient (Wildman–Crippen LogP) is 3.70. The van der Waals surface area contributed by atoms with Crippen molar-refractivity contribution in [1.82, 2.24) is 0 Å². The van der Waals surface area contributed by atoms with Crippen LogP contribution < -0.4 is 16.0 Å². The number of nitrogens with one attached hydrogen (secondary N) is 3. The van der Waals surface area contributed by atoms with E-state index >= 15 is 0 Å². The molecule has 0 aliphatic rings. The van der Waals surface area contributed by atoms with Crippen molar-refractivity contribution < 1.29 is 9.59 Å². The smallest absolute Gasteiger partial charge is 0.243 e. The second-order valence-electron chi connectivity index (χ2n) is 5.76. The molecular formula is C19H23N3O2. The first-order chi connectivity index (χ1) is 11.5. The second kappa shape index (κ2) is 8.15.